The summed E-state index contributed by atoms with van der Waals surface area (Å²) in [5.41, 5.74) is 6.02. The predicted molar refractivity (Wildman–Crippen MR) is 36.0 cm³/mol. The van der Waals surface area contributed by atoms with Crippen LogP contribution in [-0.2, 0) is 0 Å². The zero-order valence-corrected chi connectivity index (χ0v) is 5.07. The number of hydrogen-bond donors (Lipinski definition) is 4. The van der Waals surface area contributed by atoms with Gasteiger partial charge in [0.05, 0.1) is 6.67 Å². The molecule has 0 fully saturated rings. The molecule has 0 aromatic heterocycles. The highest BCUT2D eigenvalue weighted by molar-refractivity contribution is 5.94. The lowest BCUT2D eigenvalue weighted by Gasteiger charge is -2.13. The largest absolute Gasteiger partial charge is 0.384 e. The Bertz CT molecular complexity index is 149. The first kappa shape index (κ1) is 6.10. The van der Waals surface area contributed by atoms with E-state index in [0.717, 1.165) is 12.2 Å². The molecule has 9 heavy (non-hydrogen) atoms. The number of nitrogens with one attached hydrogen (secondary N) is 3. The first-order valence-corrected chi connectivity index (χ1v) is 2.78. The van der Waals surface area contributed by atoms with Crippen LogP contribution in [0.1, 0.15) is 0 Å². The molecule has 0 saturated carbocycles. The van der Waals surface area contributed by atoms with Crippen LogP contribution in [0.5, 0.6) is 0 Å². The molecule has 0 spiro atoms. The summed E-state index contributed by atoms with van der Waals surface area (Å²) in [6.07, 6.45) is 1.76. The third kappa shape index (κ3) is 1.43. The van der Waals surface area contributed by atoms with Crippen molar-refractivity contribution >= 4 is 5.84 Å². The summed E-state index contributed by atoms with van der Waals surface area (Å²) < 4.78 is 0. The quantitative estimate of drug-likeness (QED) is 0.268. The summed E-state index contributed by atoms with van der Waals surface area (Å²) in [4.78, 5) is 0. The minimum absolute atomic E-state index is 0.134. The second-order valence-electron chi connectivity index (χ2n) is 1.89. The minimum Gasteiger partial charge on any atom is -0.384 e. The van der Waals surface area contributed by atoms with Crippen molar-refractivity contribution in [3.05, 3.63) is 11.8 Å². The maximum absolute atomic E-state index is 7.02. The van der Waals surface area contributed by atoms with Crippen LogP contribution in [0.4, 0.5) is 0 Å². The van der Waals surface area contributed by atoms with Crippen molar-refractivity contribution in [1.29, 1.82) is 5.41 Å². The molecule has 0 unspecified atom stereocenters. The highest BCUT2D eigenvalue weighted by atomic mass is 15.1. The first-order valence-electron chi connectivity index (χ1n) is 2.78. The Morgan fingerprint density at radius 3 is 2.89 bits per heavy atom. The van der Waals surface area contributed by atoms with E-state index in [4.69, 9.17) is 11.1 Å². The molecule has 1 aliphatic heterocycles. The van der Waals surface area contributed by atoms with Crippen molar-refractivity contribution in [1.82, 2.24) is 10.6 Å². The van der Waals surface area contributed by atoms with E-state index >= 15 is 0 Å². The molecular weight excluding hydrogens is 116 g/mol. The van der Waals surface area contributed by atoms with Crippen molar-refractivity contribution in [2.45, 2.75) is 0 Å². The lowest BCUT2D eigenvalue weighted by molar-refractivity contribution is 0.658. The number of nitrogens with two attached hydrogens (primary N) is 1. The number of rotatable bonds is 1. The van der Waals surface area contributed by atoms with E-state index in [1.54, 1.807) is 6.20 Å². The molecule has 0 radical (unpaired) electrons. The molecule has 0 aromatic rings. The molecule has 50 valence electrons. The summed E-state index contributed by atoms with van der Waals surface area (Å²) in [5.74, 6) is 0.134. The van der Waals surface area contributed by atoms with Crippen LogP contribution in [0.15, 0.2) is 11.8 Å². The normalized spacial score (nSPS) is 18.0. The lowest BCUT2D eigenvalue weighted by atomic mass is 10.2. The van der Waals surface area contributed by atoms with E-state index in [9.17, 15) is 0 Å². The van der Waals surface area contributed by atoms with Crippen LogP contribution in [-0.4, -0.2) is 19.0 Å². The monoisotopic (exact) mass is 126 g/mol. The molecule has 4 heteroatoms. The maximum atomic E-state index is 7.02. The fraction of sp³-hybridized carbons (Fsp3) is 0.400. The molecule has 1 heterocycles. The predicted octanol–water partition coefficient (Wildman–Crippen LogP) is -1.04. The second kappa shape index (κ2) is 2.50. The van der Waals surface area contributed by atoms with E-state index < -0.39 is 0 Å². The first-order chi connectivity index (χ1) is 4.30. The van der Waals surface area contributed by atoms with Gasteiger partial charge in [0, 0.05) is 18.3 Å². The molecule has 0 amide bonds. The van der Waals surface area contributed by atoms with Crippen molar-refractivity contribution in [2.24, 2.45) is 5.73 Å². The van der Waals surface area contributed by atoms with Gasteiger partial charge in [0.25, 0.3) is 0 Å². The highest BCUT2D eigenvalue weighted by Gasteiger charge is 2.02. The van der Waals surface area contributed by atoms with Gasteiger partial charge < -0.3 is 11.1 Å². The van der Waals surface area contributed by atoms with Gasteiger partial charge in [-0.15, -0.1) is 0 Å². The molecule has 0 saturated heterocycles. The Morgan fingerprint density at radius 2 is 2.56 bits per heavy atom. The fourth-order valence-electron chi connectivity index (χ4n) is 0.668. The van der Waals surface area contributed by atoms with Crippen molar-refractivity contribution < 1.29 is 0 Å². The lowest BCUT2D eigenvalue weighted by Crippen LogP contribution is -2.36. The molecule has 0 bridgehead atoms. The molecule has 5 N–H and O–H groups in total. The Balaban J connectivity index is 2.57. The standard InChI is InChI=1S/C5H10N4/c6-5(7)4-1-8-3-9-2-4/h1,8-9H,2-3H2,(H3,6,7). The average molecular weight is 126 g/mol. The van der Waals surface area contributed by atoms with E-state index in [0.29, 0.717) is 6.54 Å². The average Bonchev–Trinajstić information content (AvgIpc) is 1.90. The minimum atomic E-state index is 0.134. The van der Waals surface area contributed by atoms with Crippen LogP contribution >= 0.6 is 0 Å². The second-order valence-corrected chi connectivity index (χ2v) is 1.89. The third-order valence-electron chi connectivity index (χ3n) is 1.16. The Hall–Kier alpha value is -1.03. The van der Waals surface area contributed by atoms with Crippen LogP contribution in [0, 0.1) is 5.41 Å². The van der Waals surface area contributed by atoms with Crippen LogP contribution in [0.2, 0.25) is 0 Å². The van der Waals surface area contributed by atoms with Gasteiger partial charge in [-0.2, -0.15) is 0 Å². The van der Waals surface area contributed by atoms with Gasteiger partial charge >= 0.3 is 0 Å². The number of amidine groups is 1. The fourth-order valence-corrected chi connectivity index (χ4v) is 0.668. The molecule has 1 aliphatic rings. The molecule has 0 atom stereocenters. The molecule has 0 aliphatic carbocycles. The summed E-state index contributed by atoms with van der Waals surface area (Å²) in [6.45, 7) is 1.46. The zero-order chi connectivity index (χ0) is 6.69. The summed E-state index contributed by atoms with van der Waals surface area (Å²) in [5, 5.41) is 13.0. The summed E-state index contributed by atoms with van der Waals surface area (Å²) >= 11 is 0. The molecule has 0 aromatic carbocycles. The Kier molecular flexibility index (Phi) is 1.69. The molecule has 1 rings (SSSR count). The van der Waals surface area contributed by atoms with E-state index in [1.165, 1.54) is 0 Å². The van der Waals surface area contributed by atoms with Crippen molar-refractivity contribution in [2.75, 3.05) is 13.2 Å². The third-order valence-corrected chi connectivity index (χ3v) is 1.16. The van der Waals surface area contributed by atoms with Gasteiger partial charge in [-0.25, -0.2) is 0 Å². The van der Waals surface area contributed by atoms with Crippen LogP contribution < -0.4 is 16.4 Å². The summed E-state index contributed by atoms with van der Waals surface area (Å²) in [6, 6.07) is 0. The summed E-state index contributed by atoms with van der Waals surface area (Å²) in [7, 11) is 0. The van der Waals surface area contributed by atoms with Crippen LogP contribution in [0.25, 0.3) is 0 Å². The molecule has 4 nitrogen and oxygen atoms in total. The van der Waals surface area contributed by atoms with Gasteiger partial charge in [0.2, 0.25) is 0 Å². The van der Waals surface area contributed by atoms with Gasteiger partial charge in [0.15, 0.2) is 0 Å². The highest BCUT2D eigenvalue weighted by Crippen LogP contribution is 1.90. The van der Waals surface area contributed by atoms with Crippen molar-refractivity contribution in [3.8, 4) is 0 Å². The van der Waals surface area contributed by atoms with E-state index in [-0.39, 0.29) is 5.84 Å². The van der Waals surface area contributed by atoms with Gasteiger partial charge in [-0.3, -0.25) is 10.7 Å². The van der Waals surface area contributed by atoms with Crippen molar-refractivity contribution in [3.63, 3.8) is 0 Å². The number of hydrogen-bond acceptors (Lipinski definition) is 3. The zero-order valence-electron chi connectivity index (χ0n) is 5.07. The SMILES string of the molecule is N=C(N)C1=CNCNC1. The molecular formula is C5H10N4. The maximum Gasteiger partial charge on any atom is 0.121 e. The van der Waals surface area contributed by atoms with Gasteiger partial charge in [0.1, 0.15) is 5.84 Å². The smallest absolute Gasteiger partial charge is 0.121 e. The van der Waals surface area contributed by atoms with E-state index in [1.807, 2.05) is 0 Å². The van der Waals surface area contributed by atoms with Gasteiger partial charge in [-0.05, 0) is 0 Å². The van der Waals surface area contributed by atoms with E-state index in [2.05, 4.69) is 10.6 Å². The topological polar surface area (TPSA) is 73.9 Å². The van der Waals surface area contributed by atoms with Gasteiger partial charge in [-0.1, -0.05) is 0 Å². The Labute approximate surface area is 53.6 Å². The Morgan fingerprint density at radius 1 is 1.78 bits per heavy atom. The van der Waals surface area contributed by atoms with Crippen LogP contribution in [0.3, 0.4) is 0 Å².